The first-order chi connectivity index (χ1) is 9.58. The lowest BCUT2D eigenvalue weighted by molar-refractivity contribution is 0.277. The van der Waals surface area contributed by atoms with Gasteiger partial charge in [0.2, 0.25) is 0 Å². The van der Waals surface area contributed by atoms with Gasteiger partial charge in [-0.25, -0.2) is 9.97 Å². The van der Waals surface area contributed by atoms with Gasteiger partial charge in [-0.1, -0.05) is 0 Å². The van der Waals surface area contributed by atoms with Crippen LogP contribution in [0.2, 0.25) is 0 Å². The quantitative estimate of drug-likeness (QED) is 0.762. The van der Waals surface area contributed by atoms with Crippen LogP contribution in [0.3, 0.4) is 0 Å². The van der Waals surface area contributed by atoms with Crippen LogP contribution in [0, 0.1) is 13.8 Å². The molecule has 0 aliphatic heterocycles. The van der Waals surface area contributed by atoms with Gasteiger partial charge in [-0.3, -0.25) is 4.79 Å². The van der Waals surface area contributed by atoms with E-state index in [-0.39, 0.29) is 12.2 Å². The van der Waals surface area contributed by atoms with Gasteiger partial charge in [0.15, 0.2) is 0 Å². The highest BCUT2D eigenvalue weighted by Gasteiger charge is 2.12. The van der Waals surface area contributed by atoms with Gasteiger partial charge in [-0.2, -0.15) is 0 Å². The number of H-pyrrole nitrogens is 1. The summed E-state index contributed by atoms with van der Waals surface area (Å²) in [5.74, 6) is 0.589. The van der Waals surface area contributed by atoms with Crippen molar-refractivity contribution < 1.29 is 5.11 Å². The molecule has 7 heteroatoms. The Kier molecular flexibility index (Phi) is 3.15. The number of aromatic nitrogens is 4. The number of thiophene rings is 1. The fourth-order valence-electron chi connectivity index (χ4n) is 2.12. The Balaban J connectivity index is 2.02. The lowest BCUT2D eigenvalue weighted by atomic mass is 10.2. The first kappa shape index (κ1) is 13.0. The minimum atomic E-state index is -0.102. The van der Waals surface area contributed by atoms with Gasteiger partial charge in [0, 0.05) is 11.1 Å². The number of rotatable bonds is 3. The molecule has 0 unspecified atom stereocenters. The zero-order chi connectivity index (χ0) is 14.3. The summed E-state index contributed by atoms with van der Waals surface area (Å²) in [6.07, 6.45) is 3.34. The molecule has 0 saturated heterocycles. The van der Waals surface area contributed by atoms with Crippen molar-refractivity contribution in [2.75, 3.05) is 0 Å². The lowest BCUT2D eigenvalue weighted by Gasteiger charge is -2.01. The van der Waals surface area contributed by atoms with Crippen LogP contribution in [0.25, 0.3) is 10.2 Å². The molecule has 0 amide bonds. The molecule has 0 fully saturated rings. The molecule has 6 nitrogen and oxygen atoms in total. The molecule has 0 aromatic carbocycles. The average molecular weight is 290 g/mol. The van der Waals surface area contributed by atoms with Crippen LogP contribution in [0.4, 0.5) is 0 Å². The summed E-state index contributed by atoms with van der Waals surface area (Å²) in [5, 5.41) is 9.67. The van der Waals surface area contributed by atoms with Crippen molar-refractivity contribution in [1.29, 1.82) is 0 Å². The van der Waals surface area contributed by atoms with Crippen LogP contribution in [0.1, 0.15) is 22.0 Å². The third-order valence-corrected chi connectivity index (χ3v) is 4.37. The third kappa shape index (κ3) is 2.14. The van der Waals surface area contributed by atoms with Crippen molar-refractivity contribution in [2.45, 2.75) is 27.0 Å². The van der Waals surface area contributed by atoms with E-state index in [4.69, 9.17) is 5.11 Å². The van der Waals surface area contributed by atoms with E-state index < -0.39 is 0 Å². The van der Waals surface area contributed by atoms with Gasteiger partial charge < -0.3 is 14.7 Å². The Hall–Kier alpha value is -1.99. The smallest absolute Gasteiger partial charge is 0.259 e. The van der Waals surface area contributed by atoms with Crippen molar-refractivity contribution in [3.63, 3.8) is 0 Å². The van der Waals surface area contributed by atoms with Gasteiger partial charge >= 0.3 is 0 Å². The summed E-state index contributed by atoms with van der Waals surface area (Å²) < 4.78 is 1.78. The number of nitrogens with one attached hydrogen (secondary N) is 1. The zero-order valence-electron chi connectivity index (χ0n) is 11.2. The number of fused-ring (bicyclic) bond motifs is 1. The minimum Gasteiger partial charge on any atom is -0.390 e. The van der Waals surface area contributed by atoms with Gasteiger partial charge in [-0.05, 0) is 19.4 Å². The third-order valence-electron chi connectivity index (χ3n) is 3.27. The minimum absolute atomic E-state index is 0.0979. The van der Waals surface area contributed by atoms with Crippen LogP contribution < -0.4 is 5.56 Å². The monoisotopic (exact) mass is 290 g/mol. The van der Waals surface area contributed by atoms with E-state index in [2.05, 4.69) is 15.0 Å². The molecular formula is C13H14N4O2S. The molecule has 3 rings (SSSR count). The maximum Gasteiger partial charge on any atom is 0.259 e. The predicted molar refractivity (Wildman–Crippen MR) is 77.0 cm³/mol. The fourth-order valence-corrected chi connectivity index (χ4v) is 3.17. The molecule has 0 saturated carbocycles. The number of aryl methyl sites for hydroxylation is 2. The summed E-state index contributed by atoms with van der Waals surface area (Å²) in [4.78, 5) is 25.3. The van der Waals surface area contributed by atoms with Crippen LogP contribution in [0.5, 0.6) is 0 Å². The summed E-state index contributed by atoms with van der Waals surface area (Å²) in [5.41, 5.74) is 1.49. The lowest BCUT2D eigenvalue weighted by Crippen LogP contribution is -2.13. The van der Waals surface area contributed by atoms with Crippen molar-refractivity contribution in [3.8, 4) is 0 Å². The number of aliphatic hydroxyl groups excluding tert-OH is 1. The second-order valence-corrected chi connectivity index (χ2v) is 5.87. The second-order valence-electron chi connectivity index (χ2n) is 4.67. The summed E-state index contributed by atoms with van der Waals surface area (Å²) in [7, 11) is 0. The SMILES string of the molecule is Cc1sc2nc(Cn3cnc(CO)c3)[nH]c(=O)c2c1C. The maximum absolute atomic E-state index is 12.1. The van der Waals surface area contributed by atoms with Crippen molar-refractivity contribution in [3.05, 3.63) is 44.8 Å². The Labute approximate surface area is 118 Å². The van der Waals surface area contributed by atoms with Gasteiger partial charge in [0.05, 0.1) is 30.6 Å². The highest BCUT2D eigenvalue weighted by molar-refractivity contribution is 7.18. The predicted octanol–water partition coefficient (Wildman–Crippen LogP) is 1.34. The molecule has 0 spiro atoms. The average Bonchev–Trinajstić information content (AvgIpc) is 2.95. The highest BCUT2D eigenvalue weighted by Crippen LogP contribution is 2.25. The number of imidazole rings is 1. The molecule has 0 bridgehead atoms. The van der Waals surface area contributed by atoms with Crippen molar-refractivity contribution in [1.82, 2.24) is 19.5 Å². The molecule has 0 atom stereocenters. The molecule has 104 valence electrons. The molecule has 0 aliphatic rings. The zero-order valence-corrected chi connectivity index (χ0v) is 12.0. The number of aliphatic hydroxyl groups is 1. The largest absolute Gasteiger partial charge is 0.390 e. The fraction of sp³-hybridized carbons (Fsp3) is 0.308. The van der Waals surface area contributed by atoms with E-state index in [0.717, 1.165) is 15.3 Å². The van der Waals surface area contributed by atoms with Gasteiger partial charge in [-0.15, -0.1) is 11.3 Å². The molecule has 0 aliphatic carbocycles. The second kappa shape index (κ2) is 4.84. The van der Waals surface area contributed by atoms with Crippen LogP contribution >= 0.6 is 11.3 Å². The first-order valence-electron chi connectivity index (χ1n) is 6.19. The van der Waals surface area contributed by atoms with Gasteiger partial charge in [0.25, 0.3) is 5.56 Å². The Morgan fingerprint density at radius 1 is 1.45 bits per heavy atom. The van der Waals surface area contributed by atoms with Crippen LogP contribution in [-0.4, -0.2) is 24.6 Å². The molecule has 3 heterocycles. The summed E-state index contributed by atoms with van der Waals surface area (Å²) in [6, 6.07) is 0. The standard InChI is InChI=1S/C13H14N4O2S/c1-7-8(2)20-13-11(7)12(19)15-10(16-13)4-17-3-9(5-18)14-6-17/h3,6,18H,4-5H2,1-2H3,(H,15,16,19). The maximum atomic E-state index is 12.1. The molecule has 3 aromatic rings. The van der Waals surface area contributed by atoms with E-state index in [0.29, 0.717) is 23.4 Å². The van der Waals surface area contributed by atoms with E-state index >= 15 is 0 Å². The number of hydrogen-bond acceptors (Lipinski definition) is 5. The number of aromatic amines is 1. The van der Waals surface area contributed by atoms with E-state index in [1.807, 2.05) is 13.8 Å². The first-order valence-corrected chi connectivity index (χ1v) is 7.00. The number of nitrogens with zero attached hydrogens (tertiary/aromatic N) is 3. The van der Waals surface area contributed by atoms with E-state index in [1.165, 1.54) is 11.3 Å². The highest BCUT2D eigenvalue weighted by atomic mass is 32.1. The van der Waals surface area contributed by atoms with Crippen molar-refractivity contribution >= 4 is 21.6 Å². The Bertz CT molecular complexity index is 831. The summed E-state index contributed by atoms with van der Waals surface area (Å²) in [6.45, 7) is 4.26. The summed E-state index contributed by atoms with van der Waals surface area (Å²) >= 11 is 1.53. The van der Waals surface area contributed by atoms with E-state index in [1.54, 1.807) is 17.1 Å². The molecular weight excluding hydrogens is 276 g/mol. The molecule has 20 heavy (non-hydrogen) atoms. The normalized spacial score (nSPS) is 11.3. The topological polar surface area (TPSA) is 83.8 Å². The van der Waals surface area contributed by atoms with E-state index in [9.17, 15) is 4.79 Å². The van der Waals surface area contributed by atoms with Gasteiger partial charge in [0.1, 0.15) is 10.7 Å². The number of hydrogen-bond donors (Lipinski definition) is 2. The Morgan fingerprint density at radius 2 is 2.25 bits per heavy atom. The van der Waals surface area contributed by atoms with Crippen LogP contribution in [-0.2, 0) is 13.2 Å². The van der Waals surface area contributed by atoms with Crippen LogP contribution in [0.15, 0.2) is 17.3 Å². The van der Waals surface area contributed by atoms with Crippen molar-refractivity contribution in [2.24, 2.45) is 0 Å². The molecule has 2 N–H and O–H groups in total. The Morgan fingerprint density at radius 3 is 2.95 bits per heavy atom. The molecule has 0 radical (unpaired) electrons. The molecule has 3 aromatic heterocycles.